The van der Waals surface area contributed by atoms with Gasteiger partial charge in [-0.15, -0.1) is 11.3 Å². The van der Waals surface area contributed by atoms with E-state index in [-0.39, 0.29) is 18.9 Å². The van der Waals surface area contributed by atoms with Gasteiger partial charge in [-0.3, -0.25) is 14.5 Å². The summed E-state index contributed by atoms with van der Waals surface area (Å²) in [7, 11) is 1.59. The number of aliphatic hydroxyl groups excluding tert-OH is 1. The normalized spacial score (nSPS) is 11.9. The molecule has 3 aromatic rings. The van der Waals surface area contributed by atoms with Crippen LogP contribution in [0.5, 0.6) is 5.75 Å². The van der Waals surface area contributed by atoms with Crippen molar-refractivity contribution in [3.05, 3.63) is 52.1 Å². The number of nitrogens with zero attached hydrogens (tertiary/aromatic N) is 2. The van der Waals surface area contributed by atoms with Crippen molar-refractivity contribution in [3.8, 4) is 16.5 Å². The number of aromatic amines is 1. The highest BCUT2D eigenvalue weighted by molar-refractivity contribution is 7.71. The zero-order valence-corrected chi connectivity index (χ0v) is 16.3. The van der Waals surface area contributed by atoms with Gasteiger partial charge < -0.3 is 15.2 Å². The molecule has 0 bridgehead atoms. The quantitative estimate of drug-likeness (QED) is 0.502. The Balaban J connectivity index is 1.53. The minimum Gasteiger partial charge on any atom is -0.497 e. The molecule has 1 unspecified atom stereocenters. The van der Waals surface area contributed by atoms with Crippen molar-refractivity contribution in [2.45, 2.75) is 19.1 Å². The van der Waals surface area contributed by atoms with E-state index in [2.05, 4.69) is 15.5 Å². The fraction of sp³-hybridized carbons (Fsp3) is 0.278. The van der Waals surface area contributed by atoms with E-state index in [1.165, 1.54) is 0 Å². The molecule has 1 amide bonds. The van der Waals surface area contributed by atoms with Crippen LogP contribution >= 0.6 is 23.6 Å². The van der Waals surface area contributed by atoms with E-state index in [1.807, 2.05) is 17.5 Å². The topological polar surface area (TPSA) is 92.2 Å². The van der Waals surface area contributed by atoms with Crippen molar-refractivity contribution in [2.75, 3.05) is 13.7 Å². The van der Waals surface area contributed by atoms with Gasteiger partial charge in [0.25, 0.3) is 0 Å². The molecule has 0 fully saturated rings. The maximum absolute atomic E-state index is 12.2. The molecule has 2 heterocycles. The number of thiophene rings is 1. The van der Waals surface area contributed by atoms with E-state index in [9.17, 15) is 9.90 Å². The average molecular weight is 405 g/mol. The number of benzene rings is 1. The number of ether oxygens (including phenoxy) is 1. The van der Waals surface area contributed by atoms with Crippen LogP contribution in [0.1, 0.15) is 18.1 Å². The highest BCUT2D eigenvalue weighted by Gasteiger charge is 2.13. The van der Waals surface area contributed by atoms with Crippen molar-refractivity contribution in [2.24, 2.45) is 0 Å². The standard InChI is InChI=1S/C18H20N4O3S2/c1-25-13-6-4-12(5-7-13)14(23)11-19-16(24)8-9-22-17(20-21-18(22)26)15-3-2-10-27-15/h2-7,10,14,23H,8-9,11H2,1H3,(H,19,24)(H,21,26). The van der Waals surface area contributed by atoms with Crippen molar-refractivity contribution in [1.29, 1.82) is 0 Å². The van der Waals surface area contributed by atoms with Crippen LogP contribution in [-0.4, -0.2) is 39.4 Å². The van der Waals surface area contributed by atoms with E-state index in [1.54, 1.807) is 47.3 Å². The summed E-state index contributed by atoms with van der Waals surface area (Å²) in [6, 6.07) is 11.0. The number of carbonyl (C=O) groups excluding carboxylic acids is 1. The zero-order chi connectivity index (χ0) is 19.2. The van der Waals surface area contributed by atoms with E-state index in [4.69, 9.17) is 17.0 Å². The summed E-state index contributed by atoms with van der Waals surface area (Å²) in [5.41, 5.74) is 0.716. The van der Waals surface area contributed by atoms with Crippen LogP contribution in [0.15, 0.2) is 41.8 Å². The van der Waals surface area contributed by atoms with E-state index in [0.717, 1.165) is 10.7 Å². The minimum atomic E-state index is -0.780. The molecule has 0 saturated heterocycles. The molecule has 3 N–H and O–H groups in total. The van der Waals surface area contributed by atoms with Crippen LogP contribution in [-0.2, 0) is 11.3 Å². The van der Waals surface area contributed by atoms with Gasteiger partial charge in [0.1, 0.15) is 5.75 Å². The molecule has 7 nitrogen and oxygen atoms in total. The summed E-state index contributed by atoms with van der Waals surface area (Å²) in [6.45, 7) is 0.548. The highest BCUT2D eigenvalue weighted by atomic mass is 32.1. The van der Waals surface area contributed by atoms with Crippen LogP contribution in [0.2, 0.25) is 0 Å². The first-order chi connectivity index (χ1) is 13.1. The third kappa shape index (κ3) is 4.82. The molecule has 27 heavy (non-hydrogen) atoms. The first-order valence-corrected chi connectivity index (χ1v) is 9.65. The number of amides is 1. The van der Waals surface area contributed by atoms with E-state index in [0.29, 0.717) is 22.6 Å². The molecule has 0 aliphatic carbocycles. The van der Waals surface area contributed by atoms with Gasteiger partial charge >= 0.3 is 0 Å². The van der Waals surface area contributed by atoms with E-state index < -0.39 is 6.10 Å². The van der Waals surface area contributed by atoms with Gasteiger partial charge in [-0.2, -0.15) is 5.10 Å². The summed E-state index contributed by atoms with van der Waals surface area (Å²) >= 11 is 6.82. The molecule has 1 atom stereocenters. The van der Waals surface area contributed by atoms with Gasteiger partial charge in [0.2, 0.25) is 5.91 Å². The van der Waals surface area contributed by atoms with Crippen molar-refractivity contribution >= 4 is 29.5 Å². The highest BCUT2D eigenvalue weighted by Crippen LogP contribution is 2.23. The monoisotopic (exact) mass is 404 g/mol. The Kier molecular flexibility index (Phi) is 6.38. The van der Waals surface area contributed by atoms with Crippen molar-refractivity contribution in [1.82, 2.24) is 20.1 Å². The SMILES string of the molecule is COc1ccc(C(O)CNC(=O)CCn2c(-c3cccs3)n[nH]c2=S)cc1. The van der Waals surface area contributed by atoms with Gasteiger partial charge in [-0.05, 0) is 41.4 Å². The van der Waals surface area contributed by atoms with Gasteiger partial charge in [0.15, 0.2) is 10.6 Å². The smallest absolute Gasteiger partial charge is 0.221 e. The maximum Gasteiger partial charge on any atom is 0.221 e. The number of nitrogens with one attached hydrogen (secondary N) is 2. The molecule has 2 aromatic heterocycles. The number of hydrogen-bond acceptors (Lipinski definition) is 6. The third-order valence-corrected chi connectivity index (χ3v) is 5.23. The van der Waals surface area contributed by atoms with Gasteiger partial charge in [-0.1, -0.05) is 18.2 Å². The van der Waals surface area contributed by atoms with Gasteiger partial charge in [0, 0.05) is 19.5 Å². The van der Waals surface area contributed by atoms with Crippen LogP contribution in [0.25, 0.3) is 10.7 Å². The molecular weight excluding hydrogens is 384 g/mol. The Bertz CT molecular complexity index is 932. The molecular formula is C18H20N4O3S2. The molecule has 9 heteroatoms. The maximum atomic E-state index is 12.2. The Morgan fingerprint density at radius 2 is 2.19 bits per heavy atom. The largest absolute Gasteiger partial charge is 0.497 e. The Hall–Kier alpha value is -2.49. The van der Waals surface area contributed by atoms with E-state index >= 15 is 0 Å². The van der Waals surface area contributed by atoms with Crippen molar-refractivity contribution < 1.29 is 14.6 Å². The fourth-order valence-corrected chi connectivity index (χ4v) is 3.52. The first kappa shape index (κ1) is 19.3. The number of aliphatic hydroxyl groups is 1. The van der Waals surface area contributed by atoms with Gasteiger partial charge in [-0.25, -0.2) is 0 Å². The predicted molar refractivity (Wildman–Crippen MR) is 106 cm³/mol. The first-order valence-electron chi connectivity index (χ1n) is 8.36. The molecule has 0 saturated carbocycles. The number of hydrogen-bond donors (Lipinski definition) is 3. The van der Waals surface area contributed by atoms with Crippen LogP contribution in [0.3, 0.4) is 0 Å². The van der Waals surface area contributed by atoms with Crippen LogP contribution in [0.4, 0.5) is 0 Å². The lowest BCUT2D eigenvalue weighted by Crippen LogP contribution is -2.29. The fourth-order valence-electron chi connectivity index (χ4n) is 2.58. The molecule has 0 aliphatic rings. The zero-order valence-electron chi connectivity index (χ0n) is 14.7. The molecule has 0 aliphatic heterocycles. The summed E-state index contributed by atoms with van der Waals surface area (Å²) in [4.78, 5) is 13.1. The Morgan fingerprint density at radius 1 is 1.41 bits per heavy atom. The predicted octanol–water partition coefficient (Wildman–Crippen LogP) is 2.92. The lowest BCUT2D eigenvalue weighted by molar-refractivity contribution is -0.121. The lowest BCUT2D eigenvalue weighted by atomic mass is 10.1. The van der Waals surface area contributed by atoms with Gasteiger partial charge in [0.05, 0.1) is 18.1 Å². The summed E-state index contributed by atoms with van der Waals surface area (Å²) < 4.78 is 7.37. The second-order valence-electron chi connectivity index (χ2n) is 5.82. The number of H-pyrrole nitrogens is 1. The Labute approximate surface area is 165 Å². The number of aromatic nitrogens is 3. The minimum absolute atomic E-state index is 0.139. The number of methoxy groups -OCH3 is 1. The van der Waals surface area contributed by atoms with Crippen LogP contribution < -0.4 is 10.1 Å². The third-order valence-electron chi connectivity index (χ3n) is 4.06. The number of carbonyl (C=O) groups is 1. The second-order valence-corrected chi connectivity index (χ2v) is 7.16. The molecule has 0 radical (unpaired) electrons. The summed E-state index contributed by atoms with van der Waals surface area (Å²) in [5, 5.41) is 21.9. The summed E-state index contributed by atoms with van der Waals surface area (Å²) in [5.74, 6) is 1.28. The summed E-state index contributed by atoms with van der Waals surface area (Å²) in [6.07, 6.45) is -0.542. The molecule has 142 valence electrons. The molecule has 1 aromatic carbocycles. The van der Waals surface area contributed by atoms with Crippen LogP contribution in [0, 0.1) is 4.77 Å². The lowest BCUT2D eigenvalue weighted by Gasteiger charge is -2.13. The molecule has 3 rings (SSSR count). The van der Waals surface area contributed by atoms with Crippen molar-refractivity contribution in [3.63, 3.8) is 0 Å². The molecule has 0 spiro atoms. The average Bonchev–Trinajstić information content (AvgIpc) is 3.34. The Morgan fingerprint density at radius 3 is 2.85 bits per heavy atom. The number of rotatable bonds is 8. The second kappa shape index (κ2) is 8.94.